The van der Waals surface area contributed by atoms with Crippen LogP contribution in [0.1, 0.15) is 5.56 Å². The largest absolute Gasteiger partial charge is 0.399 e. The second-order valence-electron chi connectivity index (χ2n) is 4.29. The van der Waals surface area contributed by atoms with Crippen LogP contribution in [0.2, 0.25) is 0 Å². The average molecular weight is 298 g/mol. The summed E-state index contributed by atoms with van der Waals surface area (Å²) in [7, 11) is -4.01. The first-order valence-corrected chi connectivity index (χ1v) is 7.11. The van der Waals surface area contributed by atoms with Crippen molar-refractivity contribution < 1.29 is 17.2 Å². The molecule has 3 N–H and O–H groups in total. The summed E-state index contributed by atoms with van der Waals surface area (Å²) in [6.45, 7) is 1.54. The average Bonchev–Trinajstić information content (AvgIpc) is 2.30. The lowest BCUT2D eigenvalue weighted by Gasteiger charge is -2.11. The van der Waals surface area contributed by atoms with Crippen molar-refractivity contribution in [3.05, 3.63) is 53.6 Å². The van der Waals surface area contributed by atoms with E-state index in [1.807, 2.05) is 0 Å². The number of nitrogens with two attached hydrogens (primary N) is 1. The van der Waals surface area contributed by atoms with Gasteiger partial charge in [-0.2, -0.15) is 0 Å². The van der Waals surface area contributed by atoms with E-state index in [1.54, 1.807) is 0 Å². The molecule has 0 spiro atoms. The van der Waals surface area contributed by atoms with Crippen molar-refractivity contribution in [3.63, 3.8) is 0 Å². The fourth-order valence-electron chi connectivity index (χ4n) is 1.74. The second kappa shape index (κ2) is 5.09. The Hall–Kier alpha value is -2.15. The molecular weight excluding hydrogens is 286 g/mol. The molecule has 106 valence electrons. The predicted molar refractivity (Wildman–Crippen MR) is 72.8 cm³/mol. The molecule has 0 fully saturated rings. The molecule has 2 rings (SSSR count). The van der Waals surface area contributed by atoms with Gasteiger partial charge >= 0.3 is 0 Å². The van der Waals surface area contributed by atoms with E-state index in [0.29, 0.717) is 5.56 Å². The minimum Gasteiger partial charge on any atom is -0.399 e. The van der Waals surface area contributed by atoms with Crippen LogP contribution in [0.3, 0.4) is 0 Å². The summed E-state index contributed by atoms with van der Waals surface area (Å²) >= 11 is 0. The van der Waals surface area contributed by atoms with Gasteiger partial charge in [0, 0.05) is 5.69 Å². The molecule has 7 heteroatoms. The van der Waals surface area contributed by atoms with Crippen LogP contribution < -0.4 is 10.5 Å². The Morgan fingerprint density at radius 3 is 2.40 bits per heavy atom. The maximum atomic E-state index is 13.2. The Morgan fingerprint density at radius 1 is 1.05 bits per heavy atom. The van der Waals surface area contributed by atoms with E-state index in [1.165, 1.54) is 19.1 Å². The summed E-state index contributed by atoms with van der Waals surface area (Å²) in [6.07, 6.45) is 0. The summed E-state index contributed by atoms with van der Waals surface area (Å²) in [5.74, 6) is -1.34. The van der Waals surface area contributed by atoms with Gasteiger partial charge in [-0.15, -0.1) is 0 Å². The standard InChI is InChI=1S/C13H12F2N2O2S/c1-8-2-3-9(14)6-13(8)20(18,19)17-12-5-10(15)4-11(16)7-12/h2-7,17H,16H2,1H3. The number of rotatable bonds is 3. The number of halogens is 2. The van der Waals surface area contributed by atoms with E-state index in [-0.39, 0.29) is 16.3 Å². The minimum absolute atomic E-state index is 0.0221. The van der Waals surface area contributed by atoms with Crippen molar-refractivity contribution >= 4 is 21.4 Å². The van der Waals surface area contributed by atoms with Crippen molar-refractivity contribution in [1.82, 2.24) is 0 Å². The molecule has 2 aromatic carbocycles. The van der Waals surface area contributed by atoms with Crippen LogP contribution in [0.25, 0.3) is 0 Å². The van der Waals surface area contributed by atoms with Crippen LogP contribution in [0.15, 0.2) is 41.3 Å². The first-order valence-electron chi connectivity index (χ1n) is 5.63. The van der Waals surface area contributed by atoms with Gasteiger partial charge in [0.2, 0.25) is 0 Å². The molecule has 0 aliphatic rings. The fraction of sp³-hybridized carbons (Fsp3) is 0.0769. The zero-order valence-electron chi connectivity index (χ0n) is 10.5. The normalized spacial score (nSPS) is 11.3. The van der Waals surface area contributed by atoms with E-state index < -0.39 is 21.7 Å². The number of nitrogens with one attached hydrogen (secondary N) is 1. The third kappa shape index (κ3) is 3.05. The minimum atomic E-state index is -4.01. The summed E-state index contributed by atoms with van der Waals surface area (Å²) in [5, 5.41) is 0. The van der Waals surface area contributed by atoms with Gasteiger partial charge in [0.25, 0.3) is 10.0 Å². The Kier molecular flexibility index (Phi) is 3.63. The summed E-state index contributed by atoms with van der Waals surface area (Å²) in [5.41, 5.74) is 5.87. The van der Waals surface area contributed by atoms with E-state index in [9.17, 15) is 17.2 Å². The first kappa shape index (κ1) is 14.3. The van der Waals surface area contributed by atoms with Crippen LogP contribution in [0.5, 0.6) is 0 Å². The maximum absolute atomic E-state index is 13.2. The topological polar surface area (TPSA) is 72.2 Å². The molecule has 0 heterocycles. The third-order valence-electron chi connectivity index (χ3n) is 2.61. The molecule has 4 nitrogen and oxygen atoms in total. The van der Waals surface area contributed by atoms with Crippen molar-refractivity contribution in [2.24, 2.45) is 0 Å². The molecular formula is C13H12F2N2O2S. The second-order valence-corrected chi connectivity index (χ2v) is 5.94. The van der Waals surface area contributed by atoms with E-state index in [0.717, 1.165) is 24.3 Å². The molecule has 2 aromatic rings. The third-order valence-corrected chi connectivity index (χ3v) is 4.14. The number of anilines is 2. The molecule has 0 atom stereocenters. The van der Waals surface area contributed by atoms with Crippen molar-refractivity contribution in [2.75, 3.05) is 10.5 Å². The summed E-state index contributed by atoms with van der Waals surface area (Å²) < 4.78 is 52.8. The van der Waals surface area contributed by atoms with Gasteiger partial charge in [-0.3, -0.25) is 4.72 Å². The van der Waals surface area contributed by atoms with Gasteiger partial charge < -0.3 is 5.73 Å². The highest BCUT2D eigenvalue weighted by Gasteiger charge is 2.18. The maximum Gasteiger partial charge on any atom is 0.262 e. The van der Waals surface area contributed by atoms with Gasteiger partial charge in [-0.25, -0.2) is 17.2 Å². The van der Waals surface area contributed by atoms with E-state index in [4.69, 9.17) is 5.73 Å². The Bertz CT molecular complexity index is 741. The van der Waals surface area contributed by atoms with Crippen molar-refractivity contribution in [2.45, 2.75) is 11.8 Å². The number of hydrogen-bond donors (Lipinski definition) is 2. The summed E-state index contributed by atoms with van der Waals surface area (Å²) in [6, 6.07) is 6.74. The number of aryl methyl sites for hydroxylation is 1. The Labute approximate surface area is 115 Å². The smallest absolute Gasteiger partial charge is 0.262 e. The summed E-state index contributed by atoms with van der Waals surface area (Å²) in [4.78, 5) is -0.208. The first-order chi connectivity index (χ1) is 9.28. The number of sulfonamides is 1. The van der Waals surface area contributed by atoms with E-state index in [2.05, 4.69) is 4.72 Å². The highest BCUT2D eigenvalue weighted by atomic mass is 32.2. The van der Waals surface area contributed by atoms with Crippen LogP contribution in [0, 0.1) is 18.6 Å². The molecule has 0 aliphatic carbocycles. The zero-order valence-corrected chi connectivity index (χ0v) is 11.3. The SMILES string of the molecule is Cc1ccc(F)cc1S(=O)(=O)Nc1cc(N)cc(F)c1. The Balaban J connectivity index is 2.43. The van der Waals surface area contributed by atoms with E-state index >= 15 is 0 Å². The molecule has 0 amide bonds. The van der Waals surface area contributed by atoms with Gasteiger partial charge in [0.05, 0.1) is 10.6 Å². The molecule has 20 heavy (non-hydrogen) atoms. The van der Waals surface area contributed by atoms with Gasteiger partial charge in [0.1, 0.15) is 11.6 Å². The zero-order chi connectivity index (χ0) is 14.9. The fourth-order valence-corrected chi connectivity index (χ4v) is 3.04. The van der Waals surface area contributed by atoms with Gasteiger partial charge in [-0.05, 0) is 42.8 Å². The molecule has 0 aromatic heterocycles. The van der Waals surface area contributed by atoms with Crippen molar-refractivity contribution in [1.29, 1.82) is 0 Å². The lowest BCUT2D eigenvalue weighted by Crippen LogP contribution is -2.15. The van der Waals surface area contributed by atoms with Crippen LogP contribution in [-0.2, 0) is 10.0 Å². The van der Waals surface area contributed by atoms with Gasteiger partial charge in [0.15, 0.2) is 0 Å². The molecule has 0 bridgehead atoms. The lowest BCUT2D eigenvalue weighted by atomic mass is 10.2. The number of nitrogen functional groups attached to an aromatic ring is 1. The molecule has 0 aliphatic heterocycles. The molecule has 0 unspecified atom stereocenters. The van der Waals surface area contributed by atoms with Crippen LogP contribution in [-0.4, -0.2) is 8.42 Å². The number of benzene rings is 2. The number of hydrogen-bond acceptors (Lipinski definition) is 3. The van der Waals surface area contributed by atoms with Crippen LogP contribution in [0.4, 0.5) is 20.2 Å². The lowest BCUT2D eigenvalue weighted by molar-refractivity contribution is 0.594. The quantitative estimate of drug-likeness (QED) is 0.856. The molecule has 0 radical (unpaired) electrons. The molecule has 0 saturated heterocycles. The van der Waals surface area contributed by atoms with Crippen molar-refractivity contribution in [3.8, 4) is 0 Å². The highest BCUT2D eigenvalue weighted by molar-refractivity contribution is 7.92. The highest BCUT2D eigenvalue weighted by Crippen LogP contribution is 2.22. The Morgan fingerprint density at radius 2 is 1.75 bits per heavy atom. The monoisotopic (exact) mass is 298 g/mol. The molecule has 0 saturated carbocycles. The predicted octanol–water partition coefficient (Wildman–Crippen LogP) is 2.66. The van der Waals surface area contributed by atoms with Gasteiger partial charge in [-0.1, -0.05) is 6.07 Å². The van der Waals surface area contributed by atoms with Crippen LogP contribution >= 0.6 is 0 Å².